The summed E-state index contributed by atoms with van der Waals surface area (Å²) < 4.78 is 2.12. The number of likely N-dealkylation sites (N-methyl/N-ethyl adjacent to an activating group) is 1. The van der Waals surface area contributed by atoms with Crippen LogP contribution in [0.25, 0.3) is 5.52 Å². The van der Waals surface area contributed by atoms with Crippen LogP contribution in [-0.2, 0) is 4.79 Å². The number of rotatable bonds is 5. The monoisotopic (exact) mass is 440 g/mol. The summed E-state index contributed by atoms with van der Waals surface area (Å²) in [4.78, 5) is 35.9. The number of piperazine rings is 1. The summed E-state index contributed by atoms with van der Waals surface area (Å²) >= 11 is 0. The van der Waals surface area contributed by atoms with Gasteiger partial charge in [-0.3, -0.25) is 9.59 Å². The summed E-state index contributed by atoms with van der Waals surface area (Å²) in [7, 11) is 8.07. The topological polar surface area (TPSA) is 54.8 Å². The molecule has 0 spiro atoms. The van der Waals surface area contributed by atoms with E-state index in [4.69, 9.17) is 0 Å². The van der Waals surface area contributed by atoms with Crippen LogP contribution in [0.2, 0.25) is 0 Å². The van der Waals surface area contributed by atoms with Gasteiger partial charge < -0.3 is 28.9 Å². The molecule has 0 radical (unpaired) electrons. The number of carbonyl (C=O) groups is 2. The zero-order valence-electron chi connectivity index (χ0n) is 19.8. The maximum atomic E-state index is 13.2. The lowest BCUT2D eigenvalue weighted by Crippen LogP contribution is -2.51. The van der Waals surface area contributed by atoms with Gasteiger partial charge >= 0.3 is 0 Å². The molecular weight excluding hydrogens is 404 g/mol. The number of hydrogen-bond donors (Lipinski definition) is 0. The molecule has 2 saturated heterocycles. The molecule has 0 saturated carbocycles. The highest BCUT2D eigenvalue weighted by atomic mass is 16.2. The van der Waals surface area contributed by atoms with Gasteiger partial charge in [-0.1, -0.05) is 0 Å². The van der Waals surface area contributed by atoms with Crippen LogP contribution in [-0.4, -0.2) is 116 Å². The van der Waals surface area contributed by atoms with Crippen LogP contribution in [0.3, 0.4) is 0 Å². The average molecular weight is 441 g/mol. The van der Waals surface area contributed by atoms with Gasteiger partial charge in [0.25, 0.3) is 5.91 Å². The first-order valence-electron chi connectivity index (χ1n) is 11.6. The zero-order valence-corrected chi connectivity index (χ0v) is 19.8. The second kappa shape index (κ2) is 9.50. The highest BCUT2D eigenvalue weighted by Gasteiger charge is 2.26. The molecule has 0 aliphatic carbocycles. The van der Waals surface area contributed by atoms with E-state index in [1.807, 2.05) is 47.1 Å². The number of likely N-dealkylation sites (tertiary alicyclic amines) is 1. The first-order chi connectivity index (χ1) is 15.3. The van der Waals surface area contributed by atoms with Crippen LogP contribution in [0.4, 0.5) is 5.82 Å². The number of carbonyl (C=O) groups excluding carboxylic acids is 2. The molecule has 2 aromatic rings. The Morgan fingerprint density at radius 1 is 0.875 bits per heavy atom. The van der Waals surface area contributed by atoms with E-state index < -0.39 is 0 Å². The number of fused-ring (bicyclic) bond motifs is 1. The molecule has 2 amide bonds. The number of pyridine rings is 1. The minimum Gasteiger partial charge on any atom is -0.354 e. The minimum atomic E-state index is 0.114. The molecule has 8 heteroatoms. The molecule has 4 heterocycles. The van der Waals surface area contributed by atoms with Gasteiger partial charge in [0.15, 0.2) is 0 Å². The number of piperidine rings is 1. The third-order valence-electron chi connectivity index (χ3n) is 6.77. The Bertz CT molecular complexity index is 953. The highest BCUT2D eigenvalue weighted by molar-refractivity contribution is 5.94. The van der Waals surface area contributed by atoms with E-state index in [9.17, 15) is 9.59 Å². The van der Waals surface area contributed by atoms with Crippen molar-refractivity contribution in [3.05, 3.63) is 36.0 Å². The molecular formula is C24H36N6O2. The van der Waals surface area contributed by atoms with Crippen LogP contribution in [0.15, 0.2) is 30.5 Å². The van der Waals surface area contributed by atoms with Crippen LogP contribution in [0, 0.1) is 0 Å². The van der Waals surface area contributed by atoms with Gasteiger partial charge in [0.05, 0.1) is 12.1 Å². The maximum absolute atomic E-state index is 13.2. The van der Waals surface area contributed by atoms with Crippen LogP contribution >= 0.6 is 0 Å². The first kappa shape index (κ1) is 22.6. The van der Waals surface area contributed by atoms with Crippen LogP contribution in [0.5, 0.6) is 0 Å². The molecule has 8 nitrogen and oxygen atoms in total. The smallest absolute Gasteiger partial charge is 0.255 e. The summed E-state index contributed by atoms with van der Waals surface area (Å²) in [5.41, 5.74) is 1.81. The predicted octanol–water partition coefficient (Wildman–Crippen LogP) is 1.32. The molecule has 174 valence electrons. The maximum Gasteiger partial charge on any atom is 0.255 e. The molecule has 32 heavy (non-hydrogen) atoms. The Labute approximate surface area is 190 Å². The van der Waals surface area contributed by atoms with Crippen LogP contribution < -0.4 is 4.90 Å². The fourth-order valence-electron chi connectivity index (χ4n) is 4.79. The largest absolute Gasteiger partial charge is 0.354 e. The van der Waals surface area contributed by atoms with Crippen molar-refractivity contribution in [1.82, 2.24) is 24.0 Å². The van der Waals surface area contributed by atoms with Gasteiger partial charge in [-0.2, -0.15) is 0 Å². The number of hydrogen-bond acceptors (Lipinski definition) is 5. The predicted molar refractivity (Wildman–Crippen MR) is 127 cm³/mol. The first-order valence-corrected chi connectivity index (χ1v) is 11.6. The third kappa shape index (κ3) is 4.76. The summed E-state index contributed by atoms with van der Waals surface area (Å²) in [6.45, 7) is 5.09. The van der Waals surface area contributed by atoms with Gasteiger partial charge in [0, 0.05) is 57.0 Å². The number of amides is 2. The molecule has 4 rings (SSSR count). The normalized spacial score (nSPS) is 18.2. The van der Waals surface area contributed by atoms with Gasteiger partial charge in [-0.15, -0.1) is 0 Å². The Hall–Kier alpha value is -2.58. The molecule has 0 atom stereocenters. The third-order valence-corrected chi connectivity index (χ3v) is 6.77. The van der Waals surface area contributed by atoms with E-state index in [-0.39, 0.29) is 11.8 Å². The molecule has 0 unspecified atom stereocenters. The fraction of sp³-hybridized carbons (Fsp3) is 0.583. The molecule has 0 N–H and O–H groups in total. The molecule has 2 aliphatic heterocycles. The Morgan fingerprint density at radius 2 is 1.53 bits per heavy atom. The summed E-state index contributed by atoms with van der Waals surface area (Å²) in [6.07, 6.45) is 4.02. The average Bonchev–Trinajstić information content (AvgIpc) is 3.21. The van der Waals surface area contributed by atoms with Crippen LogP contribution in [0.1, 0.15) is 23.2 Å². The quantitative estimate of drug-likeness (QED) is 0.702. The van der Waals surface area contributed by atoms with E-state index in [1.165, 1.54) is 0 Å². The van der Waals surface area contributed by atoms with Crippen molar-refractivity contribution in [2.45, 2.75) is 18.9 Å². The lowest BCUT2D eigenvalue weighted by atomic mass is 10.0. The Morgan fingerprint density at radius 3 is 2.16 bits per heavy atom. The minimum absolute atomic E-state index is 0.114. The Balaban J connectivity index is 1.44. The lowest BCUT2D eigenvalue weighted by molar-refractivity contribution is -0.132. The van der Waals surface area contributed by atoms with Crippen molar-refractivity contribution in [1.29, 1.82) is 0 Å². The number of nitrogens with zero attached hydrogens (tertiary/aromatic N) is 6. The van der Waals surface area contributed by atoms with Gasteiger partial charge in [-0.25, -0.2) is 0 Å². The second-order valence-electron chi connectivity index (χ2n) is 9.50. The summed E-state index contributed by atoms with van der Waals surface area (Å²) in [5, 5.41) is 0. The van der Waals surface area contributed by atoms with E-state index in [0.717, 1.165) is 69.0 Å². The number of anilines is 1. The van der Waals surface area contributed by atoms with E-state index in [0.29, 0.717) is 12.6 Å². The van der Waals surface area contributed by atoms with Crippen molar-refractivity contribution in [2.24, 2.45) is 0 Å². The Kier molecular flexibility index (Phi) is 6.71. The molecule has 2 aromatic heterocycles. The van der Waals surface area contributed by atoms with Gasteiger partial charge in [0.2, 0.25) is 5.91 Å². The molecule has 2 fully saturated rings. The van der Waals surface area contributed by atoms with Crippen molar-refractivity contribution >= 4 is 23.1 Å². The number of aromatic nitrogens is 1. The van der Waals surface area contributed by atoms with E-state index >= 15 is 0 Å². The second-order valence-corrected chi connectivity index (χ2v) is 9.50. The van der Waals surface area contributed by atoms with Crippen molar-refractivity contribution in [3.8, 4) is 0 Å². The van der Waals surface area contributed by atoms with E-state index in [2.05, 4.69) is 40.4 Å². The van der Waals surface area contributed by atoms with E-state index in [1.54, 1.807) is 0 Å². The standard InChI is InChI=1S/C24H36N6O2/c1-25(2)18-23(31)28-15-13-27(14-16-28)22-8-7-21-6-5-19(17-30(21)22)24(32)29-11-9-20(10-12-29)26(3)4/h5-8,17,20H,9-16,18H2,1-4H3. The van der Waals surface area contributed by atoms with Gasteiger partial charge in [-0.05, 0) is 65.3 Å². The zero-order chi connectivity index (χ0) is 22.8. The molecule has 0 bridgehead atoms. The summed E-state index contributed by atoms with van der Waals surface area (Å²) in [5.74, 6) is 1.38. The fourth-order valence-corrected chi connectivity index (χ4v) is 4.79. The van der Waals surface area contributed by atoms with Crippen molar-refractivity contribution in [3.63, 3.8) is 0 Å². The van der Waals surface area contributed by atoms with Crippen molar-refractivity contribution < 1.29 is 9.59 Å². The SMILES string of the molecule is CN(C)CC(=O)N1CCN(c2ccc3ccc(C(=O)N4CCC(N(C)C)CC4)cn23)CC1. The van der Waals surface area contributed by atoms with Crippen molar-refractivity contribution in [2.75, 3.05) is 78.9 Å². The van der Waals surface area contributed by atoms with Gasteiger partial charge in [0.1, 0.15) is 5.82 Å². The molecule has 0 aromatic carbocycles. The lowest BCUT2D eigenvalue weighted by Gasteiger charge is -2.36. The molecule has 2 aliphatic rings. The summed E-state index contributed by atoms with van der Waals surface area (Å²) in [6, 6.07) is 8.73. The highest BCUT2D eigenvalue weighted by Crippen LogP contribution is 2.23.